The van der Waals surface area contributed by atoms with E-state index in [4.69, 9.17) is 5.73 Å². The zero-order valence-corrected chi connectivity index (χ0v) is 11.5. The van der Waals surface area contributed by atoms with Crippen LogP contribution in [-0.4, -0.2) is 23.0 Å². The summed E-state index contributed by atoms with van der Waals surface area (Å²) < 4.78 is 0. The summed E-state index contributed by atoms with van der Waals surface area (Å²) in [5, 5.41) is 1.18. The quantitative estimate of drug-likeness (QED) is 0.893. The Morgan fingerprint density at radius 1 is 1.32 bits per heavy atom. The minimum Gasteiger partial charge on any atom is -0.383 e. The third-order valence-electron chi connectivity index (χ3n) is 3.89. The summed E-state index contributed by atoms with van der Waals surface area (Å²) >= 11 is 0. The van der Waals surface area contributed by atoms with Gasteiger partial charge in [-0.2, -0.15) is 0 Å². The molecule has 100 valence electrons. The van der Waals surface area contributed by atoms with Gasteiger partial charge in [-0.3, -0.25) is 4.90 Å². The van der Waals surface area contributed by atoms with Gasteiger partial charge in [-0.05, 0) is 37.4 Å². The maximum atomic E-state index is 6.10. The van der Waals surface area contributed by atoms with E-state index in [1.807, 2.05) is 18.2 Å². The van der Waals surface area contributed by atoms with Crippen molar-refractivity contribution in [2.24, 2.45) is 5.92 Å². The highest BCUT2D eigenvalue weighted by Crippen LogP contribution is 2.30. The number of anilines is 1. The Morgan fingerprint density at radius 2 is 2.11 bits per heavy atom. The van der Waals surface area contributed by atoms with Gasteiger partial charge in [0.25, 0.3) is 0 Å². The number of benzene rings is 1. The van der Waals surface area contributed by atoms with Crippen LogP contribution in [0.1, 0.15) is 25.3 Å². The second kappa shape index (κ2) is 5.17. The molecule has 0 bridgehead atoms. The van der Waals surface area contributed by atoms with E-state index < -0.39 is 0 Å². The van der Waals surface area contributed by atoms with E-state index in [1.165, 1.54) is 24.8 Å². The summed E-state index contributed by atoms with van der Waals surface area (Å²) in [5.74, 6) is 1.59. The molecule has 0 atom stereocenters. The van der Waals surface area contributed by atoms with E-state index in [9.17, 15) is 0 Å². The summed E-state index contributed by atoms with van der Waals surface area (Å²) in [6.45, 7) is 5.40. The molecule has 0 unspecified atom stereocenters. The van der Waals surface area contributed by atoms with Gasteiger partial charge in [-0.15, -0.1) is 0 Å². The summed E-state index contributed by atoms with van der Waals surface area (Å²) in [5.41, 5.74) is 8.23. The molecule has 3 heteroatoms. The topological polar surface area (TPSA) is 42.2 Å². The van der Waals surface area contributed by atoms with Crippen molar-refractivity contribution >= 4 is 16.7 Å². The third-order valence-corrected chi connectivity index (χ3v) is 3.89. The molecule has 0 amide bonds. The molecule has 0 spiro atoms. The highest BCUT2D eigenvalue weighted by Gasteiger charge is 2.24. The van der Waals surface area contributed by atoms with Crippen LogP contribution in [0.3, 0.4) is 0 Å². The molecule has 19 heavy (non-hydrogen) atoms. The lowest BCUT2D eigenvalue weighted by Gasteiger charge is -2.21. The van der Waals surface area contributed by atoms with Gasteiger partial charge in [0.2, 0.25) is 0 Å². The molecule has 3 nitrogen and oxygen atoms in total. The average molecular weight is 255 g/mol. The first-order valence-corrected chi connectivity index (χ1v) is 7.12. The lowest BCUT2D eigenvalue weighted by molar-refractivity contribution is 0.269. The monoisotopic (exact) mass is 255 g/mol. The van der Waals surface area contributed by atoms with Crippen LogP contribution in [-0.2, 0) is 6.54 Å². The van der Waals surface area contributed by atoms with Gasteiger partial charge in [0, 0.05) is 24.0 Å². The van der Waals surface area contributed by atoms with E-state index >= 15 is 0 Å². The minimum absolute atomic E-state index is 0.674. The lowest BCUT2D eigenvalue weighted by atomic mass is 10.1. The number of para-hydroxylation sites is 1. The fraction of sp³-hybridized carbons (Fsp3) is 0.438. The van der Waals surface area contributed by atoms with Crippen molar-refractivity contribution in [2.45, 2.75) is 26.3 Å². The molecule has 1 aliphatic carbocycles. The van der Waals surface area contributed by atoms with Crippen LogP contribution in [0.5, 0.6) is 0 Å². The maximum absolute atomic E-state index is 6.10. The molecule has 1 aromatic carbocycles. The lowest BCUT2D eigenvalue weighted by Crippen LogP contribution is -2.25. The van der Waals surface area contributed by atoms with Gasteiger partial charge >= 0.3 is 0 Å². The molecule has 1 fully saturated rings. The van der Waals surface area contributed by atoms with Crippen molar-refractivity contribution in [3.8, 4) is 0 Å². The zero-order chi connectivity index (χ0) is 13.2. The molecule has 1 saturated carbocycles. The Bertz CT molecular complexity index is 575. The fourth-order valence-corrected chi connectivity index (χ4v) is 2.51. The fourth-order valence-electron chi connectivity index (χ4n) is 2.51. The van der Waals surface area contributed by atoms with E-state index in [1.54, 1.807) is 0 Å². The van der Waals surface area contributed by atoms with Crippen LogP contribution in [0.15, 0.2) is 30.3 Å². The van der Waals surface area contributed by atoms with Crippen molar-refractivity contribution in [3.63, 3.8) is 0 Å². The second-order valence-corrected chi connectivity index (χ2v) is 5.50. The Morgan fingerprint density at radius 3 is 2.84 bits per heavy atom. The molecule has 0 radical (unpaired) electrons. The van der Waals surface area contributed by atoms with Gasteiger partial charge in [-0.25, -0.2) is 4.98 Å². The Kier molecular flexibility index (Phi) is 3.38. The van der Waals surface area contributed by atoms with Crippen molar-refractivity contribution in [2.75, 3.05) is 18.8 Å². The zero-order valence-electron chi connectivity index (χ0n) is 11.5. The number of rotatable bonds is 5. The van der Waals surface area contributed by atoms with Crippen molar-refractivity contribution in [3.05, 3.63) is 35.9 Å². The van der Waals surface area contributed by atoms with Crippen LogP contribution >= 0.6 is 0 Å². The average Bonchev–Trinajstić information content (AvgIpc) is 3.22. The largest absolute Gasteiger partial charge is 0.383 e. The first-order chi connectivity index (χ1) is 9.26. The molecular formula is C16H21N3. The number of nitrogens with zero attached hydrogens (tertiary/aromatic N) is 2. The van der Waals surface area contributed by atoms with Crippen LogP contribution in [0, 0.1) is 5.92 Å². The van der Waals surface area contributed by atoms with E-state index in [2.05, 4.69) is 28.9 Å². The standard InChI is InChI=1S/C16H21N3/c1-2-19(10-12-7-8-12)11-14-9-13-5-3-4-6-15(13)18-16(14)17/h3-6,9,12H,2,7-8,10-11H2,1H3,(H2,17,18). The Labute approximate surface area is 114 Å². The number of hydrogen-bond donors (Lipinski definition) is 1. The summed E-state index contributed by atoms with van der Waals surface area (Å²) in [6, 6.07) is 10.3. The molecule has 3 rings (SSSR count). The molecule has 0 aliphatic heterocycles. The highest BCUT2D eigenvalue weighted by atomic mass is 15.1. The van der Waals surface area contributed by atoms with E-state index in [0.717, 1.165) is 30.1 Å². The van der Waals surface area contributed by atoms with Crippen molar-refractivity contribution in [1.29, 1.82) is 0 Å². The van der Waals surface area contributed by atoms with Gasteiger partial charge in [0.15, 0.2) is 0 Å². The van der Waals surface area contributed by atoms with Crippen LogP contribution in [0.25, 0.3) is 10.9 Å². The summed E-state index contributed by atoms with van der Waals surface area (Å²) in [6.07, 6.45) is 2.78. The van der Waals surface area contributed by atoms with Crippen LogP contribution in [0.4, 0.5) is 5.82 Å². The predicted molar refractivity (Wildman–Crippen MR) is 79.8 cm³/mol. The van der Waals surface area contributed by atoms with Crippen LogP contribution < -0.4 is 5.73 Å². The van der Waals surface area contributed by atoms with Gasteiger partial charge in [-0.1, -0.05) is 25.1 Å². The molecular weight excluding hydrogens is 234 g/mol. The molecule has 2 aromatic rings. The van der Waals surface area contributed by atoms with E-state index in [0.29, 0.717) is 5.82 Å². The smallest absolute Gasteiger partial charge is 0.128 e. The molecule has 1 aliphatic rings. The van der Waals surface area contributed by atoms with Gasteiger partial charge in [0.1, 0.15) is 5.82 Å². The van der Waals surface area contributed by atoms with E-state index in [-0.39, 0.29) is 0 Å². The SMILES string of the molecule is CCN(Cc1cc2ccccc2nc1N)CC1CC1. The number of pyridine rings is 1. The van der Waals surface area contributed by atoms with Gasteiger partial charge < -0.3 is 5.73 Å². The van der Waals surface area contributed by atoms with Crippen molar-refractivity contribution < 1.29 is 0 Å². The Balaban J connectivity index is 1.84. The first-order valence-electron chi connectivity index (χ1n) is 7.12. The number of nitrogen functional groups attached to an aromatic ring is 1. The maximum Gasteiger partial charge on any atom is 0.128 e. The van der Waals surface area contributed by atoms with Crippen LogP contribution in [0.2, 0.25) is 0 Å². The second-order valence-electron chi connectivity index (χ2n) is 5.50. The Hall–Kier alpha value is -1.61. The molecule has 1 heterocycles. The van der Waals surface area contributed by atoms with Gasteiger partial charge in [0.05, 0.1) is 5.52 Å². The molecule has 0 saturated heterocycles. The number of aromatic nitrogens is 1. The minimum atomic E-state index is 0.674. The number of hydrogen-bond acceptors (Lipinski definition) is 3. The third kappa shape index (κ3) is 2.87. The molecule has 1 aromatic heterocycles. The normalized spacial score (nSPS) is 15.3. The molecule has 2 N–H and O–H groups in total. The predicted octanol–water partition coefficient (Wildman–Crippen LogP) is 3.05. The first kappa shape index (κ1) is 12.4. The summed E-state index contributed by atoms with van der Waals surface area (Å²) in [7, 11) is 0. The number of fused-ring (bicyclic) bond motifs is 1. The highest BCUT2D eigenvalue weighted by molar-refractivity contribution is 5.81. The van der Waals surface area contributed by atoms with Crippen molar-refractivity contribution in [1.82, 2.24) is 9.88 Å². The summed E-state index contributed by atoms with van der Waals surface area (Å²) in [4.78, 5) is 6.98. The number of nitrogens with two attached hydrogens (primary N) is 1.